The smallest absolute Gasteiger partial charge is 0.0529 e. The van der Waals surface area contributed by atoms with Crippen LogP contribution in [0.4, 0.5) is 0 Å². The van der Waals surface area contributed by atoms with Gasteiger partial charge in [0.25, 0.3) is 0 Å². The molecule has 1 aromatic heterocycles. The van der Waals surface area contributed by atoms with Crippen LogP contribution in [0.25, 0.3) is 0 Å². The lowest BCUT2D eigenvalue weighted by atomic mass is 10.1. The van der Waals surface area contributed by atoms with E-state index in [9.17, 15) is 5.11 Å². The highest BCUT2D eigenvalue weighted by molar-refractivity contribution is 5.15. The second-order valence-corrected chi connectivity index (χ2v) is 4.34. The van der Waals surface area contributed by atoms with E-state index in [0.29, 0.717) is 6.04 Å². The first-order valence-corrected chi connectivity index (χ1v) is 6.24. The Morgan fingerprint density at radius 2 is 2.19 bits per heavy atom. The number of nitrogens with zero attached hydrogens (tertiary/aromatic N) is 1. The Hall–Kier alpha value is -0.800. The highest BCUT2D eigenvalue weighted by Gasteiger charge is 2.08. The van der Waals surface area contributed by atoms with Crippen molar-refractivity contribution < 1.29 is 5.11 Å². The molecule has 92 valence electrons. The molecule has 0 fully saturated rings. The Balaban J connectivity index is 2.55. The Morgan fingerprint density at radius 3 is 2.75 bits per heavy atom. The lowest BCUT2D eigenvalue weighted by Crippen LogP contribution is -2.19. The van der Waals surface area contributed by atoms with Gasteiger partial charge in [-0.1, -0.05) is 13.8 Å². The van der Waals surface area contributed by atoms with Crippen molar-refractivity contribution >= 4 is 0 Å². The normalized spacial score (nSPS) is 15.0. The summed E-state index contributed by atoms with van der Waals surface area (Å²) in [6.45, 7) is 8.04. The van der Waals surface area contributed by atoms with Gasteiger partial charge in [-0.25, -0.2) is 0 Å². The lowest BCUT2D eigenvalue weighted by molar-refractivity contribution is 0.178. The van der Waals surface area contributed by atoms with Gasteiger partial charge in [0.2, 0.25) is 0 Å². The summed E-state index contributed by atoms with van der Waals surface area (Å²) < 4.78 is 2.15. The molecule has 2 unspecified atom stereocenters. The van der Waals surface area contributed by atoms with Gasteiger partial charge in [0, 0.05) is 25.0 Å². The van der Waals surface area contributed by atoms with Gasteiger partial charge in [-0.05, 0) is 37.9 Å². The van der Waals surface area contributed by atoms with Gasteiger partial charge in [0.05, 0.1) is 6.10 Å². The maximum atomic E-state index is 9.23. The number of aromatic nitrogens is 1. The van der Waals surface area contributed by atoms with Crippen LogP contribution in [0.3, 0.4) is 0 Å². The minimum absolute atomic E-state index is 0.221. The first-order chi connectivity index (χ1) is 7.67. The molecule has 1 aromatic rings. The van der Waals surface area contributed by atoms with Crippen LogP contribution in [0, 0.1) is 0 Å². The first kappa shape index (κ1) is 13.3. The Kier molecular flexibility index (Phi) is 5.56. The quantitative estimate of drug-likeness (QED) is 0.746. The van der Waals surface area contributed by atoms with Crippen molar-refractivity contribution in [3.63, 3.8) is 0 Å². The highest BCUT2D eigenvalue weighted by Crippen LogP contribution is 2.16. The third-order valence-electron chi connectivity index (χ3n) is 2.84. The molecule has 0 aromatic carbocycles. The van der Waals surface area contributed by atoms with Gasteiger partial charge in [-0.2, -0.15) is 0 Å². The molecule has 0 aliphatic heterocycles. The van der Waals surface area contributed by atoms with E-state index in [2.05, 4.69) is 42.2 Å². The molecule has 0 bridgehead atoms. The van der Waals surface area contributed by atoms with Crippen LogP contribution in [-0.4, -0.2) is 22.3 Å². The zero-order chi connectivity index (χ0) is 12.0. The number of aryl methyl sites for hydroxylation is 1. The van der Waals surface area contributed by atoms with E-state index in [1.165, 1.54) is 5.56 Å². The second kappa shape index (κ2) is 6.71. The summed E-state index contributed by atoms with van der Waals surface area (Å²) >= 11 is 0. The van der Waals surface area contributed by atoms with Gasteiger partial charge in [-0.15, -0.1) is 0 Å². The monoisotopic (exact) mass is 224 g/mol. The molecule has 0 aliphatic carbocycles. The zero-order valence-electron chi connectivity index (χ0n) is 10.6. The molecule has 3 nitrogen and oxygen atoms in total. The molecule has 0 saturated heterocycles. The van der Waals surface area contributed by atoms with E-state index in [1.54, 1.807) is 0 Å². The number of rotatable bonds is 7. The summed E-state index contributed by atoms with van der Waals surface area (Å²) in [6, 6.07) is 2.62. The van der Waals surface area contributed by atoms with Crippen LogP contribution in [0.2, 0.25) is 0 Å². The van der Waals surface area contributed by atoms with Crippen LogP contribution in [-0.2, 0) is 6.54 Å². The maximum Gasteiger partial charge on any atom is 0.0529 e. The fraction of sp³-hybridized carbons (Fsp3) is 0.692. The molecule has 16 heavy (non-hydrogen) atoms. The predicted molar refractivity (Wildman–Crippen MR) is 67.4 cm³/mol. The van der Waals surface area contributed by atoms with Gasteiger partial charge in [0.1, 0.15) is 0 Å². The van der Waals surface area contributed by atoms with Gasteiger partial charge >= 0.3 is 0 Å². The van der Waals surface area contributed by atoms with E-state index < -0.39 is 0 Å². The van der Waals surface area contributed by atoms with Crippen molar-refractivity contribution in [1.82, 2.24) is 9.88 Å². The zero-order valence-corrected chi connectivity index (χ0v) is 10.6. The summed E-state index contributed by atoms with van der Waals surface area (Å²) in [7, 11) is 0. The molecule has 3 heteroatoms. The number of aliphatic hydroxyl groups is 1. The van der Waals surface area contributed by atoms with Crippen molar-refractivity contribution in [2.24, 2.45) is 0 Å². The topological polar surface area (TPSA) is 37.2 Å². The molecule has 2 atom stereocenters. The summed E-state index contributed by atoms with van der Waals surface area (Å²) in [5, 5.41) is 12.7. The largest absolute Gasteiger partial charge is 0.393 e. The molecule has 0 spiro atoms. The summed E-state index contributed by atoms with van der Waals surface area (Å²) in [5.41, 5.74) is 1.34. The molecule has 1 rings (SSSR count). The molecular weight excluding hydrogens is 200 g/mol. The molecule has 0 aliphatic rings. The Labute approximate surface area is 98.5 Å². The van der Waals surface area contributed by atoms with Crippen LogP contribution in [0.1, 0.15) is 45.2 Å². The fourth-order valence-corrected chi connectivity index (χ4v) is 1.88. The van der Waals surface area contributed by atoms with E-state index >= 15 is 0 Å². The van der Waals surface area contributed by atoms with E-state index in [1.807, 2.05) is 6.92 Å². The minimum Gasteiger partial charge on any atom is -0.393 e. The highest BCUT2D eigenvalue weighted by atomic mass is 16.3. The van der Waals surface area contributed by atoms with E-state index in [4.69, 9.17) is 0 Å². The van der Waals surface area contributed by atoms with Crippen molar-refractivity contribution in [2.75, 3.05) is 6.54 Å². The molecule has 0 amide bonds. The van der Waals surface area contributed by atoms with Crippen molar-refractivity contribution in [3.05, 3.63) is 24.0 Å². The summed E-state index contributed by atoms with van der Waals surface area (Å²) in [4.78, 5) is 0. The Morgan fingerprint density at radius 1 is 1.44 bits per heavy atom. The van der Waals surface area contributed by atoms with Gasteiger partial charge in [-0.3, -0.25) is 0 Å². The molecule has 0 saturated carbocycles. The van der Waals surface area contributed by atoms with Crippen molar-refractivity contribution in [3.8, 4) is 0 Å². The van der Waals surface area contributed by atoms with Crippen LogP contribution in [0.15, 0.2) is 18.5 Å². The average molecular weight is 224 g/mol. The molecule has 0 radical (unpaired) electrons. The van der Waals surface area contributed by atoms with Crippen LogP contribution in [0.5, 0.6) is 0 Å². The van der Waals surface area contributed by atoms with Crippen LogP contribution < -0.4 is 5.32 Å². The minimum atomic E-state index is -0.221. The van der Waals surface area contributed by atoms with E-state index in [0.717, 1.165) is 25.9 Å². The van der Waals surface area contributed by atoms with Crippen molar-refractivity contribution in [1.29, 1.82) is 0 Å². The molecule has 2 N–H and O–H groups in total. The standard InChI is InChI=1S/C13H24N2O/c1-4-13(14-5-2)12-7-9-15(10-12)8-6-11(3)16/h7,9-11,13-14,16H,4-6,8H2,1-3H3. The number of aliphatic hydroxyl groups excluding tert-OH is 1. The molecular formula is C13H24N2O. The van der Waals surface area contributed by atoms with Crippen molar-refractivity contribution in [2.45, 2.75) is 52.3 Å². The number of hydrogen-bond acceptors (Lipinski definition) is 2. The second-order valence-electron chi connectivity index (χ2n) is 4.34. The third-order valence-corrected chi connectivity index (χ3v) is 2.84. The average Bonchev–Trinajstić information content (AvgIpc) is 2.71. The third kappa shape index (κ3) is 3.99. The number of hydrogen-bond donors (Lipinski definition) is 2. The SMILES string of the molecule is CCNC(CC)c1ccn(CCC(C)O)c1. The molecule has 1 heterocycles. The fourth-order valence-electron chi connectivity index (χ4n) is 1.88. The summed E-state index contributed by atoms with van der Waals surface area (Å²) in [6.07, 6.45) is 5.97. The number of nitrogens with one attached hydrogen (secondary N) is 1. The van der Waals surface area contributed by atoms with Gasteiger partial charge in [0.15, 0.2) is 0 Å². The Bertz CT molecular complexity index is 294. The van der Waals surface area contributed by atoms with Crippen LogP contribution >= 0.6 is 0 Å². The van der Waals surface area contributed by atoms with E-state index in [-0.39, 0.29) is 6.10 Å². The van der Waals surface area contributed by atoms with Gasteiger partial charge < -0.3 is 15.0 Å². The maximum absolute atomic E-state index is 9.23. The predicted octanol–water partition coefficient (Wildman–Crippen LogP) is 2.32. The summed E-state index contributed by atoms with van der Waals surface area (Å²) in [5.74, 6) is 0. The first-order valence-electron chi connectivity index (χ1n) is 6.24. The lowest BCUT2D eigenvalue weighted by Gasteiger charge is -2.14.